The maximum absolute atomic E-state index is 10.7. The molecule has 0 aliphatic carbocycles. The molecule has 1 aromatic carbocycles. The van der Waals surface area contributed by atoms with Crippen LogP contribution in [0.25, 0.3) is 10.4 Å². The Morgan fingerprint density at radius 3 is 2.74 bits per heavy atom. The topological polar surface area (TPSA) is 107 Å². The van der Waals surface area contributed by atoms with E-state index in [0.29, 0.717) is 13.0 Å². The van der Waals surface area contributed by atoms with Gasteiger partial charge in [-0.05, 0) is 43.2 Å². The molecule has 1 unspecified atom stereocenters. The fourth-order valence-corrected chi connectivity index (χ4v) is 1.44. The zero-order valence-corrected chi connectivity index (χ0v) is 10.6. The molecule has 1 aromatic rings. The summed E-state index contributed by atoms with van der Waals surface area (Å²) in [6, 6.07) is 6.37. The zero-order valence-electron chi connectivity index (χ0n) is 10.6. The predicted octanol–water partition coefficient (Wildman–Crippen LogP) is 2.15. The number of nitrogens with zero attached hydrogens (tertiary/aromatic N) is 3. The van der Waals surface area contributed by atoms with Gasteiger partial charge in [0.15, 0.2) is 0 Å². The van der Waals surface area contributed by atoms with Crippen LogP contribution in [0.3, 0.4) is 0 Å². The fraction of sp³-hybridized carbons (Fsp3) is 0.417. The smallest absolute Gasteiger partial charge is 0.335 e. The first-order valence-electron chi connectivity index (χ1n) is 5.80. The summed E-state index contributed by atoms with van der Waals surface area (Å²) in [5, 5.41) is 15.3. The van der Waals surface area contributed by atoms with Crippen molar-refractivity contribution in [2.75, 3.05) is 13.6 Å². The van der Waals surface area contributed by atoms with Gasteiger partial charge in [0.1, 0.15) is 6.23 Å². The molecule has 0 aliphatic rings. The Kier molecular flexibility index (Phi) is 6.38. The summed E-state index contributed by atoms with van der Waals surface area (Å²) in [6.07, 6.45) is 0.0462. The lowest BCUT2D eigenvalue weighted by atomic mass is 10.1. The Hall–Kier alpha value is -2.08. The number of ether oxygens (including phenoxy) is 1. The molecule has 0 bridgehead atoms. The van der Waals surface area contributed by atoms with E-state index < -0.39 is 12.2 Å². The van der Waals surface area contributed by atoms with Gasteiger partial charge in [0.2, 0.25) is 0 Å². The number of azide groups is 1. The molecule has 19 heavy (non-hydrogen) atoms. The van der Waals surface area contributed by atoms with Crippen LogP contribution in [0.4, 0.5) is 0 Å². The van der Waals surface area contributed by atoms with E-state index in [9.17, 15) is 4.79 Å². The number of carboxylic acid groups (broad SMARTS) is 1. The van der Waals surface area contributed by atoms with Crippen LogP contribution < -0.4 is 5.32 Å². The number of hydrogen-bond acceptors (Lipinski definition) is 4. The van der Waals surface area contributed by atoms with Crippen molar-refractivity contribution < 1.29 is 14.6 Å². The van der Waals surface area contributed by atoms with Crippen molar-refractivity contribution in [2.24, 2.45) is 5.11 Å². The van der Waals surface area contributed by atoms with E-state index in [1.165, 1.54) is 12.1 Å². The van der Waals surface area contributed by atoms with Gasteiger partial charge in [-0.1, -0.05) is 17.2 Å². The van der Waals surface area contributed by atoms with Crippen LogP contribution in [0.1, 0.15) is 22.3 Å². The van der Waals surface area contributed by atoms with Crippen molar-refractivity contribution in [2.45, 2.75) is 19.3 Å². The Bertz CT molecular complexity index is 455. The van der Waals surface area contributed by atoms with Crippen LogP contribution >= 0.6 is 0 Å². The van der Waals surface area contributed by atoms with Crippen LogP contribution in [0.2, 0.25) is 0 Å². The van der Waals surface area contributed by atoms with Crippen molar-refractivity contribution in [3.63, 3.8) is 0 Å². The van der Waals surface area contributed by atoms with Crippen LogP contribution in [-0.2, 0) is 11.3 Å². The Labute approximate surface area is 110 Å². The van der Waals surface area contributed by atoms with Crippen molar-refractivity contribution in [1.29, 1.82) is 0 Å². The quantitative estimate of drug-likeness (QED) is 0.426. The highest BCUT2D eigenvalue weighted by atomic mass is 16.5. The minimum atomic E-state index is -0.964. The minimum absolute atomic E-state index is 0.227. The van der Waals surface area contributed by atoms with Gasteiger partial charge in [-0.2, -0.15) is 0 Å². The molecule has 2 N–H and O–H groups in total. The average molecular weight is 264 g/mol. The van der Waals surface area contributed by atoms with Crippen molar-refractivity contribution in [1.82, 2.24) is 5.32 Å². The van der Waals surface area contributed by atoms with Gasteiger partial charge < -0.3 is 15.2 Å². The molecule has 7 heteroatoms. The summed E-state index contributed by atoms with van der Waals surface area (Å²) in [5.74, 6) is -0.964. The van der Waals surface area contributed by atoms with Crippen LogP contribution in [0, 0.1) is 0 Å². The highest BCUT2D eigenvalue weighted by Crippen LogP contribution is 2.09. The number of nitrogens with one attached hydrogen (secondary N) is 1. The number of aromatic carboxylic acids is 1. The van der Waals surface area contributed by atoms with E-state index in [4.69, 9.17) is 15.4 Å². The van der Waals surface area contributed by atoms with E-state index in [-0.39, 0.29) is 12.2 Å². The van der Waals surface area contributed by atoms with Gasteiger partial charge in [0.25, 0.3) is 0 Å². The average Bonchev–Trinajstić information content (AvgIpc) is 2.42. The Morgan fingerprint density at radius 1 is 1.53 bits per heavy atom. The van der Waals surface area contributed by atoms with Gasteiger partial charge in [0, 0.05) is 4.91 Å². The van der Waals surface area contributed by atoms with E-state index in [1.54, 1.807) is 19.2 Å². The number of rotatable bonds is 8. The van der Waals surface area contributed by atoms with Gasteiger partial charge in [-0.25, -0.2) is 4.79 Å². The first-order chi connectivity index (χ1) is 9.17. The molecular formula is C12H16N4O3. The highest BCUT2D eigenvalue weighted by Gasteiger charge is 2.07. The summed E-state index contributed by atoms with van der Waals surface area (Å²) in [6.45, 7) is 0.953. The van der Waals surface area contributed by atoms with E-state index in [1.807, 2.05) is 0 Å². The third-order valence-electron chi connectivity index (χ3n) is 2.46. The van der Waals surface area contributed by atoms with Gasteiger partial charge in [-0.3, -0.25) is 0 Å². The molecule has 0 saturated carbocycles. The molecule has 7 nitrogen and oxygen atoms in total. The first-order valence-corrected chi connectivity index (χ1v) is 5.80. The summed E-state index contributed by atoms with van der Waals surface area (Å²) in [4.78, 5) is 13.4. The van der Waals surface area contributed by atoms with Crippen LogP contribution in [0.15, 0.2) is 29.4 Å². The maximum atomic E-state index is 10.7. The lowest BCUT2D eigenvalue weighted by Crippen LogP contribution is -2.17. The standard InChI is InChI=1S/C12H16N4O3/c1-14-7-6-11(15-16-13)19-8-9-2-4-10(5-3-9)12(17)18/h2-5,11,14H,6-8H2,1H3,(H,17,18). The molecule has 0 spiro atoms. The SMILES string of the molecule is CNCCC(N=[N+]=[N-])OCc1ccc(C(=O)O)cc1. The second-order valence-electron chi connectivity index (χ2n) is 3.86. The molecule has 0 amide bonds. The summed E-state index contributed by atoms with van der Waals surface area (Å²) < 4.78 is 5.46. The lowest BCUT2D eigenvalue weighted by molar-refractivity contribution is 0.0402. The maximum Gasteiger partial charge on any atom is 0.335 e. The number of benzene rings is 1. The predicted molar refractivity (Wildman–Crippen MR) is 69.7 cm³/mol. The van der Waals surface area contributed by atoms with Gasteiger partial charge >= 0.3 is 5.97 Å². The molecule has 102 valence electrons. The molecule has 0 heterocycles. The molecule has 1 rings (SSSR count). The van der Waals surface area contributed by atoms with E-state index >= 15 is 0 Å². The third-order valence-corrected chi connectivity index (χ3v) is 2.46. The Morgan fingerprint density at radius 2 is 2.21 bits per heavy atom. The van der Waals surface area contributed by atoms with E-state index in [0.717, 1.165) is 5.56 Å². The Balaban J connectivity index is 2.53. The van der Waals surface area contributed by atoms with Gasteiger partial charge in [0.05, 0.1) is 12.2 Å². The van der Waals surface area contributed by atoms with Gasteiger partial charge in [-0.15, -0.1) is 0 Å². The second-order valence-corrected chi connectivity index (χ2v) is 3.86. The van der Waals surface area contributed by atoms with Crippen molar-refractivity contribution in [3.05, 3.63) is 45.8 Å². The molecule has 0 saturated heterocycles. The van der Waals surface area contributed by atoms with Crippen molar-refractivity contribution >= 4 is 5.97 Å². The highest BCUT2D eigenvalue weighted by molar-refractivity contribution is 5.87. The zero-order chi connectivity index (χ0) is 14.1. The minimum Gasteiger partial charge on any atom is -0.478 e. The second kappa shape index (κ2) is 8.10. The molecule has 0 aromatic heterocycles. The molecular weight excluding hydrogens is 248 g/mol. The molecule has 0 aliphatic heterocycles. The summed E-state index contributed by atoms with van der Waals surface area (Å²) >= 11 is 0. The number of hydrogen-bond donors (Lipinski definition) is 2. The first kappa shape index (κ1) is 15.0. The summed E-state index contributed by atoms with van der Waals surface area (Å²) in [5.41, 5.74) is 9.48. The van der Waals surface area contributed by atoms with Crippen LogP contribution in [0.5, 0.6) is 0 Å². The monoisotopic (exact) mass is 264 g/mol. The third kappa shape index (κ3) is 5.39. The molecule has 1 atom stereocenters. The summed E-state index contributed by atoms with van der Waals surface area (Å²) in [7, 11) is 1.80. The number of carbonyl (C=O) groups is 1. The number of carboxylic acids is 1. The normalized spacial score (nSPS) is 11.6. The largest absolute Gasteiger partial charge is 0.478 e. The lowest BCUT2D eigenvalue weighted by Gasteiger charge is -2.12. The van der Waals surface area contributed by atoms with E-state index in [2.05, 4.69) is 15.3 Å². The molecule has 0 fully saturated rings. The van der Waals surface area contributed by atoms with Crippen molar-refractivity contribution in [3.8, 4) is 0 Å². The fourth-order valence-electron chi connectivity index (χ4n) is 1.44. The molecule has 0 radical (unpaired) electrons. The van der Waals surface area contributed by atoms with Crippen LogP contribution in [-0.4, -0.2) is 30.9 Å².